The minimum Gasteiger partial charge on any atom is -0.378 e. The molecule has 3 aromatic rings. The Labute approximate surface area is 193 Å². The van der Waals surface area contributed by atoms with E-state index in [2.05, 4.69) is 0 Å². The van der Waals surface area contributed by atoms with Crippen LogP contribution in [-0.4, -0.2) is 47.2 Å². The van der Waals surface area contributed by atoms with Crippen molar-refractivity contribution in [3.05, 3.63) is 89.2 Å². The Balaban J connectivity index is 1.61. The van der Waals surface area contributed by atoms with E-state index in [1.54, 1.807) is 59.5 Å². The van der Waals surface area contributed by atoms with Gasteiger partial charge in [-0.15, -0.1) is 0 Å². The van der Waals surface area contributed by atoms with Crippen LogP contribution in [0.1, 0.15) is 26.3 Å². The summed E-state index contributed by atoms with van der Waals surface area (Å²) >= 11 is 0. The SMILES string of the molecule is O=C(c1ccc2c(c1)N(Cc1ccc(F)cc1)C(=O)c1ccccc1[S@@]2=O)N1CCOCC1. The van der Waals surface area contributed by atoms with Gasteiger partial charge in [0.25, 0.3) is 11.8 Å². The quantitative estimate of drug-likeness (QED) is 0.594. The lowest BCUT2D eigenvalue weighted by Crippen LogP contribution is -2.40. The van der Waals surface area contributed by atoms with Crippen LogP contribution in [0, 0.1) is 5.82 Å². The van der Waals surface area contributed by atoms with Crippen LogP contribution in [0.5, 0.6) is 0 Å². The van der Waals surface area contributed by atoms with Gasteiger partial charge >= 0.3 is 0 Å². The van der Waals surface area contributed by atoms with E-state index in [9.17, 15) is 18.2 Å². The lowest BCUT2D eigenvalue weighted by atomic mass is 10.1. The number of hydrogen-bond acceptors (Lipinski definition) is 4. The van der Waals surface area contributed by atoms with Crippen LogP contribution in [0.3, 0.4) is 0 Å². The summed E-state index contributed by atoms with van der Waals surface area (Å²) in [5.74, 6) is -0.855. The van der Waals surface area contributed by atoms with E-state index in [0.717, 1.165) is 0 Å². The molecule has 0 aromatic heterocycles. The highest BCUT2D eigenvalue weighted by Gasteiger charge is 2.32. The molecule has 3 aromatic carbocycles. The van der Waals surface area contributed by atoms with Crippen LogP contribution < -0.4 is 4.90 Å². The fraction of sp³-hybridized carbons (Fsp3) is 0.200. The molecule has 0 radical (unpaired) electrons. The van der Waals surface area contributed by atoms with Crippen molar-refractivity contribution in [3.63, 3.8) is 0 Å². The predicted molar refractivity (Wildman–Crippen MR) is 121 cm³/mol. The lowest BCUT2D eigenvalue weighted by Gasteiger charge is -2.28. The van der Waals surface area contributed by atoms with Crippen molar-refractivity contribution in [2.75, 3.05) is 31.2 Å². The fourth-order valence-electron chi connectivity index (χ4n) is 4.07. The average molecular weight is 465 g/mol. The van der Waals surface area contributed by atoms with Crippen LogP contribution in [0.4, 0.5) is 10.1 Å². The highest BCUT2D eigenvalue weighted by molar-refractivity contribution is 7.85. The van der Waals surface area contributed by atoms with Gasteiger partial charge in [-0.3, -0.25) is 9.59 Å². The number of rotatable bonds is 3. The van der Waals surface area contributed by atoms with Crippen molar-refractivity contribution in [2.45, 2.75) is 16.3 Å². The first-order valence-electron chi connectivity index (χ1n) is 10.6. The minimum absolute atomic E-state index is 0.146. The molecule has 2 aliphatic heterocycles. The molecular formula is C25H21FN2O4S. The third-order valence-electron chi connectivity index (χ3n) is 5.81. The van der Waals surface area contributed by atoms with Gasteiger partial charge in [-0.25, -0.2) is 8.60 Å². The number of carbonyl (C=O) groups is 2. The van der Waals surface area contributed by atoms with Gasteiger partial charge in [0.05, 0.1) is 51.6 Å². The molecule has 168 valence electrons. The van der Waals surface area contributed by atoms with Gasteiger partial charge in [-0.05, 0) is 48.0 Å². The number of fused-ring (bicyclic) bond motifs is 2. The molecule has 0 aliphatic carbocycles. The zero-order chi connectivity index (χ0) is 22.9. The van der Waals surface area contributed by atoms with Gasteiger partial charge in [-0.2, -0.15) is 0 Å². The van der Waals surface area contributed by atoms with Gasteiger partial charge < -0.3 is 14.5 Å². The van der Waals surface area contributed by atoms with Crippen LogP contribution in [0.2, 0.25) is 0 Å². The van der Waals surface area contributed by atoms with Crippen molar-refractivity contribution < 1.29 is 22.9 Å². The lowest BCUT2D eigenvalue weighted by molar-refractivity contribution is 0.0303. The van der Waals surface area contributed by atoms with Crippen molar-refractivity contribution in [3.8, 4) is 0 Å². The smallest absolute Gasteiger partial charge is 0.259 e. The molecule has 0 bridgehead atoms. The normalized spacial score (nSPS) is 17.8. The molecule has 1 atom stereocenters. The van der Waals surface area contributed by atoms with Gasteiger partial charge in [0.2, 0.25) is 0 Å². The fourth-order valence-corrected chi connectivity index (χ4v) is 5.42. The summed E-state index contributed by atoms with van der Waals surface area (Å²) in [7, 11) is -1.60. The number of morpholine rings is 1. The van der Waals surface area contributed by atoms with Crippen LogP contribution >= 0.6 is 0 Å². The maximum Gasteiger partial charge on any atom is 0.259 e. The molecule has 5 rings (SSSR count). The molecule has 2 aliphatic rings. The topological polar surface area (TPSA) is 66.9 Å². The molecule has 0 unspecified atom stereocenters. The number of halogens is 1. The number of ether oxygens (including phenoxy) is 1. The van der Waals surface area contributed by atoms with Crippen LogP contribution in [0.25, 0.3) is 0 Å². The molecule has 33 heavy (non-hydrogen) atoms. The van der Waals surface area contributed by atoms with Gasteiger partial charge in [-0.1, -0.05) is 24.3 Å². The highest BCUT2D eigenvalue weighted by Crippen LogP contribution is 2.36. The van der Waals surface area contributed by atoms with E-state index >= 15 is 0 Å². The summed E-state index contributed by atoms with van der Waals surface area (Å²) in [6.45, 7) is 2.08. The Bertz CT molecular complexity index is 1260. The molecule has 6 nitrogen and oxygen atoms in total. The van der Waals surface area contributed by atoms with E-state index in [1.165, 1.54) is 17.0 Å². The number of anilines is 1. The maximum atomic E-state index is 13.6. The summed E-state index contributed by atoms with van der Waals surface area (Å²) < 4.78 is 32.2. The third kappa shape index (κ3) is 4.07. The number of hydrogen-bond donors (Lipinski definition) is 0. The van der Waals surface area contributed by atoms with Gasteiger partial charge in [0.15, 0.2) is 0 Å². The van der Waals surface area contributed by atoms with Crippen LogP contribution in [0.15, 0.2) is 76.5 Å². The Kier molecular flexibility index (Phi) is 5.78. The average Bonchev–Trinajstić information content (AvgIpc) is 2.95. The second-order valence-corrected chi connectivity index (χ2v) is 9.29. The molecule has 0 spiro atoms. The minimum atomic E-state index is -1.60. The first-order valence-corrected chi connectivity index (χ1v) is 11.8. The van der Waals surface area contributed by atoms with Crippen LogP contribution in [-0.2, 0) is 22.1 Å². The second kappa shape index (κ2) is 8.88. The first-order chi connectivity index (χ1) is 16.0. The molecule has 8 heteroatoms. The highest BCUT2D eigenvalue weighted by atomic mass is 32.2. The third-order valence-corrected chi connectivity index (χ3v) is 7.31. The molecule has 1 saturated heterocycles. The largest absolute Gasteiger partial charge is 0.378 e. The number of amides is 2. The van der Waals surface area contributed by atoms with Gasteiger partial charge in [0.1, 0.15) is 5.82 Å². The van der Waals surface area contributed by atoms with Gasteiger partial charge in [0, 0.05) is 18.7 Å². The summed E-state index contributed by atoms with van der Waals surface area (Å²) in [6.07, 6.45) is 0. The Morgan fingerprint density at radius 2 is 1.70 bits per heavy atom. The number of carbonyl (C=O) groups excluding carboxylic acids is 2. The molecular weight excluding hydrogens is 443 g/mol. The number of benzene rings is 3. The van der Waals surface area contributed by atoms with E-state index in [1.807, 2.05) is 0 Å². The van der Waals surface area contributed by atoms with E-state index in [0.29, 0.717) is 58.5 Å². The first kappa shape index (κ1) is 21.5. The zero-order valence-electron chi connectivity index (χ0n) is 17.7. The standard InChI is InChI=1S/C25H21FN2O4S/c26-19-8-5-17(6-9-19)16-28-21-15-18(24(29)27-11-13-32-14-12-27)7-10-23(21)33(31)22-4-2-1-3-20(22)25(28)30/h1-10,15H,11-14,16H2/t33-/m0/s1. The Hall–Kier alpha value is -3.36. The van der Waals surface area contributed by atoms with E-state index in [-0.39, 0.29) is 24.2 Å². The predicted octanol–water partition coefficient (Wildman–Crippen LogP) is 3.63. The molecule has 2 amide bonds. The monoisotopic (exact) mass is 464 g/mol. The Morgan fingerprint density at radius 3 is 2.45 bits per heavy atom. The van der Waals surface area contributed by atoms with Crippen molar-refractivity contribution in [2.24, 2.45) is 0 Å². The zero-order valence-corrected chi connectivity index (χ0v) is 18.5. The summed E-state index contributed by atoms with van der Waals surface area (Å²) in [6, 6.07) is 17.7. The van der Waals surface area contributed by atoms with Crippen molar-refractivity contribution >= 4 is 28.3 Å². The van der Waals surface area contributed by atoms with E-state index in [4.69, 9.17) is 4.74 Å². The number of nitrogens with zero attached hydrogens (tertiary/aromatic N) is 2. The maximum absolute atomic E-state index is 13.6. The summed E-state index contributed by atoms with van der Waals surface area (Å²) in [5, 5.41) is 0. The van der Waals surface area contributed by atoms with Crippen molar-refractivity contribution in [1.82, 2.24) is 4.90 Å². The summed E-state index contributed by atoms with van der Waals surface area (Å²) in [5.41, 5.74) is 1.88. The second-order valence-electron chi connectivity index (χ2n) is 7.87. The summed E-state index contributed by atoms with van der Waals surface area (Å²) in [4.78, 5) is 30.8. The molecule has 2 heterocycles. The molecule has 1 fully saturated rings. The molecule has 0 N–H and O–H groups in total. The molecule has 0 saturated carbocycles. The van der Waals surface area contributed by atoms with Crippen molar-refractivity contribution in [1.29, 1.82) is 0 Å². The van der Waals surface area contributed by atoms with E-state index < -0.39 is 10.8 Å². The Morgan fingerprint density at radius 1 is 0.970 bits per heavy atom.